The van der Waals surface area contributed by atoms with Gasteiger partial charge in [0.2, 0.25) is 0 Å². The molecule has 3 aromatic rings. The highest BCUT2D eigenvalue weighted by Crippen LogP contribution is 2.47. The third-order valence-electron chi connectivity index (χ3n) is 6.13. The van der Waals surface area contributed by atoms with Crippen LogP contribution >= 0.6 is 0 Å². The number of hydrogen-bond donors (Lipinski definition) is 1. The summed E-state index contributed by atoms with van der Waals surface area (Å²) in [6, 6.07) is 18.5. The smallest absolute Gasteiger partial charge is 0.161 e. The number of rotatable bonds is 3. The molecular weight excluding hydrogens is 372 g/mol. The van der Waals surface area contributed by atoms with Crippen molar-refractivity contribution >= 4 is 22.9 Å². The van der Waals surface area contributed by atoms with Crippen LogP contribution in [0.15, 0.2) is 60.2 Å². The summed E-state index contributed by atoms with van der Waals surface area (Å²) in [6.45, 7) is 2.04. The van der Waals surface area contributed by atoms with E-state index in [9.17, 15) is 4.79 Å². The molecule has 2 aliphatic rings. The minimum absolute atomic E-state index is 0.157. The molecule has 1 unspecified atom stereocenters. The number of Topliss-reactive ketones (excluding diaryl/α,β-unsaturated/α-hetero) is 1. The first-order valence-corrected chi connectivity index (χ1v) is 10.5. The molecule has 5 nitrogen and oxygen atoms in total. The number of ketones is 1. The normalized spacial score (nSPS) is 18.0. The summed E-state index contributed by atoms with van der Waals surface area (Å²) in [5.41, 5.74) is 7.41. The Kier molecular flexibility index (Phi) is 4.46. The van der Waals surface area contributed by atoms with Crippen molar-refractivity contribution in [3.05, 3.63) is 77.0 Å². The van der Waals surface area contributed by atoms with Crippen molar-refractivity contribution in [1.82, 2.24) is 9.78 Å². The molecule has 0 amide bonds. The summed E-state index contributed by atoms with van der Waals surface area (Å²) < 4.78 is 1.98. The number of aromatic nitrogens is 2. The van der Waals surface area contributed by atoms with Gasteiger partial charge in [-0.3, -0.25) is 4.79 Å². The van der Waals surface area contributed by atoms with E-state index in [0.29, 0.717) is 6.42 Å². The number of nitrogens with zero attached hydrogens (tertiary/aromatic N) is 3. The fourth-order valence-corrected chi connectivity index (χ4v) is 4.66. The predicted octanol–water partition coefficient (Wildman–Crippen LogP) is 4.92. The lowest BCUT2D eigenvalue weighted by Gasteiger charge is -2.33. The van der Waals surface area contributed by atoms with E-state index >= 15 is 0 Å². The Morgan fingerprint density at radius 3 is 2.47 bits per heavy atom. The molecule has 0 spiro atoms. The van der Waals surface area contributed by atoms with Crippen molar-refractivity contribution in [2.24, 2.45) is 0 Å². The summed E-state index contributed by atoms with van der Waals surface area (Å²) in [4.78, 5) is 15.1. The Balaban J connectivity index is 1.68. The molecule has 1 aliphatic carbocycles. The first kappa shape index (κ1) is 18.7. The van der Waals surface area contributed by atoms with Crippen LogP contribution in [0.5, 0.6) is 0 Å². The fourth-order valence-electron chi connectivity index (χ4n) is 4.66. The van der Waals surface area contributed by atoms with Crippen molar-refractivity contribution in [1.29, 1.82) is 0 Å². The van der Waals surface area contributed by atoms with Crippen LogP contribution in [0, 0.1) is 6.92 Å². The topological polar surface area (TPSA) is 50.2 Å². The minimum Gasteiger partial charge on any atom is -0.378 e. The average molecular weight is 399 g/mol. The SMILES string of the molecule is Cc1nn(-c2ccccc2)c2c1C1=C(C(=O)CCC1)C(c1ccc(N(C)C)cc1)N2. The third kappa shape index (κ3) is 2.93. The number of anilines is 2. The van der Waals surface area contributed by atoms with Gasteiger partial charge in [-0.2, -0.15) is 5.10 Å². The van der Waals surface area contributed by atoms with Gasteiger partial charge in [0.1, 0.15) is 5.82 Å². The molecular formula is C25H26N4O. The van der Waals surface area contributed by atoms with Gasteiger partial charge in [-0.25, -0.2) is 4.68 Å². The Morgan fingerprint density at radius 2 is 1.77 bits per heavy atom. The Bertz CT molecular complexity index is 1140. The van der Waals surface area contributed by atoms with Gasteiger partial charge in [-0.1, -0.05) is 30.3 Å². The number of allylic oxidation sites excluding steroid dienone is 1. The quantitative estimate of drug-likeness (QED) is 0.680. The van der Waals surface area contributed by atoms with Crippen molar-refractivity contribution < 1.29 is 4.79 Å². The molecule has 1 N–H and O–H groups in total. The number of carbonyl (C=O) groups excluding carboxylic acids is 1. The van der Waals surface area contributed by atoms with E-state index in [4.69, 9.17) is 5.10 Å². The number of nitrogens with one attached hydrogen (secondary N) is 1. The zero-order valence-corrected chi connectivity index (χ0v) is 17.6. The summed E-state index contributed by atoms with van der Waals surface area (Å²) >= 11 is 0. The first-order valence-electron chi connectivity index (χ1n) is 10.5. The lowest BCUT2D eigenvalue weighted by atomic mass is 9.78. The summed E-state index contributed by atoms with van der Waals surface area (Å²) in [5.74, 6) is 1.23. The van der Waals surface area contributed by atoms with Gasteiger partial charge in [-0.15, -0.1) is 0 Å². The van der Waals surface area contributed by atoms with Crippen LogP contribution in [0.1, 0.15) is 42.1 Å². The highest BCUT2D eigenvalue weighted by Gasteiger charge is 2.37. The number of para-hydroxylation sites is 1. The second-order valence-corrected chi connectivity index (χ2v) is 8.29. The molecule has 2 heterocycles. The van der Waals surface area contributed by atoms with Crippen LogP contribution in [-0.2, 0) is 4.79 Å². The van der Waals surface area contributed by atoms with Crippen LogP contribution in [-0.4, -0.2) is 29.7 Å². The van der Waals surface area contributed by atoms with Gasteiger partial charge in [0.25, 0.3) is 0 Å². The molecule has 0 radical (unpaired) electrons. The van der Waals surface area contributed by atoms with Gasteiger partial charge >= 0.3 is 0 Å². The number of hydrogen-bond acceptors (Lipinski definition) is 4. The maximum absolute atomic E-state index is 13.1. The third-order valence-corrected chi connectivity index (χ3v) is 6.13. The molecule has 5 heteroatoms. The van der Waals surface area contributed by atoms with Crippen molar-refractivity contribution in [3.63, 3.8) is 0 Å². The van der Waals surface area contributed by atoms with Gasteiger partial charge in [-0.05, 0) is 55.2 Å². The van der Waals surface area contributed by atoms with Crippen LogP contribution in [0.3, 0.4) is 0 Å². The van der Waals surface area contributed by atoms with E-state index in [1.165, 1.54) is 5.57 Å². The van der Waals surface area contributed by atoms with Crippen LogP contribution < -0.4 is 10.2 Å². The standard InChI is InChI=1S/C25H26N4O/c1-16-22-20-10-7-11-21(30)23(20)24(17-12-14-18(15-13-17)28(2)3)26-25(22)29(27-16)19-8-5-4-6-9-19/h4-6,8-9,12-15,24,26H,7,10-11H2,1-3H3. The summed E-state index contributed by atoms with van der Waals surface area (Å²) in [5, 5.41) is 8.53. The Labute approximate surface area is 177 Å². The molecule has 5 rings (SSSR count). The number of aryl methyl sites for hydroxylation is 1. The van der Waals surface area contributed by atoms with E-state index in [1.54, 1.807) is 0 Å². The summed E-state index contributed by atoms with van der Waals surface area (Å²) in [7, 11) is 4.07. The van der Waals surface area contributed by atoms with E-state index in [2.05, 4.69) is 46.6 Å². The second kappa shape index (κ2) is 7.17. The van der Waals surface area contributed by atoms with Gasteiger partial charge in [0.05, 0.1) is 17.4 Å². The fraction of sp³-hybridized carbons (Fsp3) is 0.280. The van der Waals surface area contributed by atoms with E-state index in [-0.39, 0.29) is 11.8 Å². The lowest BCUT2D eigenvalue weighted by Crippen LogP contribution is -2.28. The Hall–Kier alpha value is -3.34. The second-order valence-electron chi connectivity index (χ2n) is 8.29. The highest BCUT2D eigenvalue weighted by atomic mass is 16.1. The maximum atomic E-state index is 13.1. The van der Waals surface area contributed by atoms with Gasteiger partial charge < -0.3 is 10.2 Å². The highest BCUT2D eigenvalue weighted by molar-refractivity contribution is 6.08. The van der Waals surface area contributed by atoms with E-state index < -0.39 is 0 Å². The van der Waals surface area contributed by atoms with E-state index in [0.717, 1.165) is 52.4 Å². The van der Waals surface area contributed by atoms with Gasteiger partial charge in [0.15, 0.2) is 5.78 Å². The number of carbonyl (C=O) groups is 1. The molecule has 0 fully saturated rings. The van der Waals surface area contributed by atoms with Crippen LogP contribution in [0.2, 0.25) is 0 Å². The average Bonchev–Trinajstić information content (AvgIpc) is 3.10. The molecule has 0 saturated carbocycles. The maximum Gasteiger partial charge on any atom is 0.161 e. The van der Waals surface area contributed by atoms with Crippen molar-refractivity contribution in [2.75, 3.05) is 24.3 Å². The molecule has 0 saturated heterocycles. The predicted molar refractivity (Wildman–Crippen MR) is 121 cm³/mol. The minimum atomic E-state index is -0.157. The molecule has 2 aromatic carbocycles. The monoisotopic (exact) mass is 398 g/mol. The van der Waals surface area contributed by atoms with Gasteiger partial charge in [0, 0.05) is 37.3 Å². The zero-order valence-electron chi connectivity index (χ0n) is 17.6. The molecule has 0 bridgehead atoms. The molecule has 1 aromatic heterocycles. The van der Waals surface area contributed by atoms with Crippen molar-refractivity contribution in [2.45, 2.75) is 32.2 Å². The molecule has 30 heavy (non-hydrogen) atoms. The van der Waals surface area contributed by atoms with Crippen molar-refractivity contribution in [3.8, 4) is 5.69 Å². The van der Waals surface area contributed by atoms with Crippen LogP contribution in [0.4, 0.5) is 11.5 Å². The number of fused-ring (bicyclic) bond motifs is 2. The van der Waals surface area contributed by atoms with E-state index in [1.807, 2.05) is 43.9 Å². The molecule has 1 aliphatic heterocycles. The molecule has 1 atom stereocenters. The number of benzene rings is 2. The largest absolute Gasteiger partial charge is 0.378 e. The molecule has 152 valence electrons. The lowest BCUT2D eigenvalue weighted by molar-refractivity contribution is -0.116. The summed E-state index contributed by atoms with van der Waals surface area (Å²) in [6.07, 6.45) is 2.44. The zero-order chi connectivity index (χ0) is 20.8. The first-order chi connectivity index (χ1) is 14.5. The van der Waals surface area contributed by atoms with Crippen LogP contribution in [0.25, 0.3) is 11.3 Å². The Morgan fingerprint density at radius 1 is 1.03 bits per heavy atom.